The Kier molecular flexibility index (Phi) is 5.02. The van der Waals surface area contributed by atoms with Gasteiger partial charge in [0, 0.05) is 0 Å². The summed E-state index contributed by atoms with van der Waals surface area (Å²) in [6.45, 7) is -0.0924. The van der Waals surface area contributed by atoms with Gasteiger partial charge in [-0.05, 0) is 24.3 Å². The lowest BCUT2D eigenvalue weighted by molar-refractivity contribution is 0.262. The largest absolute Gasteiger partial charge is 0.477 e. The summed E-state index contributed by atoms with van der Waals surface area (Å²) in [5.74, 6) is 0.424. The predicted molar refractivity (Wildman–Crippen MR) is 81.6 cm³/mol. The van der Waals surface area contributed by atoms with E-state index in [2.05, 4.69) is 10.6 Å². The minimum absolute atomic E-state index is 0.0924. The van der Waals surface area contributed by atoms with Crippen molar-refractivity contribution in [3.8, 4) is 11.8 Å². The Labute approximate surface area is 127 Å². The van der Waals surface area contributed by atoms with Crippen LogP contribution < -0.4 is 15.4 Å². The number of benzene rings is 2. The van der Waals surface area contributed by atoms with Gasteiger partial charge in [0.15, 0.2) is 6.61 Å². The third-order valence-electron chi connectivity index (χ3n) is 2.55. The summed E-state index contributed by atoms with van der Waals surface area (Å²) in [6.07, 6.45) is 0. The van der Waals surface area contributed by atoms with Gasteiger partial charge >= 0.3 is 6.03 Å². The molecule has 0 aliphatic rings. The van der Waals surface area contributed by atoms with Crippen molar-refractivity contribution in [1.29, 1.82) is 5.26 Å². The number of urea groups is 1. The first-order valence-electron chi connectivity index (χ1n) is 6.12. The van der Waals surface area contributed by atoms with Gasteiger partial charge in [0.2, 0.25) is 0 Å². The van der Waals surface area contributed by atoms with Crippen LogP contribution in [0, 0.1) is 11.3 Å². The predicted octanol–water partition coefficient (Wildman–Crippen LogP) is 3.89. The summed E-state index contributed by atoms with van der Waals surface area (Å²) < 4.78 is 5.23. The number of amides is 2. The second-order valence-electron chi connectivity index (χ2n) is 4.00. The molecule has 0 unspecified atom stereocenters. The van der Waals surface area contributed by atoms with E-state index in [1.807, 2.05) is 6.07 Å². The highest BCUT2D eigenvalue weighted by molar-refractivity contribution is 6.33. The number of halogens is 1. The summed E-state index contributed by atoms with van der Waals surface area (Å²) in [5.41, 5.74) is 0.976. The molecule has 2 aromatic carbocycles. The Hall–Kier alpha value is -2.71. The molecule has 0 fully saturated rings. The van der Waals surface area contributed by atoms with Gasteiger partial charge < -0.3 is 15.4 Å². The molecule has 5 nitrogen and oxygen atoms in total. The zero-order chi connectivity index (χ0) is 15.1. The smallest absolute Gasteiger partial charge is 0.323 e. The van der Waals surface area contributed by atoms with E-state index < -0.39 is 6.03 Å². The minimum atomic E-state index is -0.448. The number of nitrogens with one attached hydrogen (secondary N) is 2. The van der Waals surface area contributed by atoms with Crippen LogP contribution in [-0.2, 0) is 0 Å². The second kappa shape index (κ2) is 7.17. The molecule has 21 heavy (non-hydrogen) atoms. The van der Waals surface area contributed by atoms with E-state index in [9.17, 15) is 4.79 Å². The monoisotopic (exact) mass is 301 g/mol. The highest BCUT2D eigenvalue weighted by Gasteiger charge is 2.08. The molecule has 0 heterocycles. The number of para-hydroxylation sites is 3. The Balaban J connectivity index is 2.06. The lowest BCUT2D eigenvalue weighted by Crippen LogP contribution is -2.20. The molecule has 2 N–H and O–H groups in total. The van der Waals surface area contributed by atoms with Crippen molar-refractivity contribution in [3.63, 3.8) is 0 Å². The molecular weight excluding hydrogens is 290 g/mol. The third kappa shape index (κ3) is 4.13. The molecule has 2 rings (SSSR count). The van der Waals surface area contributed by atoms with Crippen LogP contribution in [-0.4, -0.2) is 12.6 Å². The number of nitrogens with zero attached hydrogens (tertiary/aromatic N) is 1. The molecule has 0 radical (unpaired) electrons. The number of carbonyl (C=O) groups is 1. The first-order valence-corrected chi connectivity index (χ1v) is 6.50. The lowest BCUT2D eigenvalue weighted by Gasteiger charge is -2.12. The maximum Gasteiger partial charge on any atom is 0.323 e. The zero-order valence-electron chi connectivity index (χ0n) is 11.0. The SMILES string of the molecule is N#CCOc1ccccc1NC(=O)Nc1ccccc1Cl. The molecule has 0 aliphatic heterocycles. The van der Waals surface area contributed by atoms with Crippen LogP contribution in [0.4, 0.5) is 16.2 Å². The van der Waals surface area contributed by atoms with E-state index in [4.69, 9.17) is 21.6 Å². The van der Waals surface area contributed by atoms with Crippen LogP contribution in [0.15, 0.2) is 48.5 Å². The Bertz CT molecular complexity index is 683. The normalized spacial score (nSPS) is 9.52. The molecule has 2 aromatic rings. The molecular formula is C15H12ClN3O2. The average Bonchev–Trinajstić information content (AvgIpc) is 2.49. The highest BCUT2D eigenvalue weighted by atomic mass is 35.5. The fraction of sp³-hybridized carbons (Fsp3) is 0.0667. The molecule has 0 aliphatic carbocycles. The quantitative estimate of drug-likeness (QED) is 0.899. The van der Waals surface area contributed by atoms with E-state index in [0.29, 0.717) is 22.1 Å². The zero-order valence-corrected chi connectivity index (χ0v) is 11.7. The fourth-order valence-corrected chi connectivity index (χ4v) is 1.83. The van der Waals surface area contributed by atoms with Crippen molar-refractivity contribution >= 4 is 29.0 Å². The number of nitriles is 1. The average molecular weight is 302 g/mol. The number of hydrogen-bond acceptors (Lipinski definition) is 3. The van der Waals surface area contributed by atoms with Crippen LogP contribution in [0.3, 0.4) is 0 Å². The number of anilines is 2. The molecule has 2 amide bonds. The highest BCUT2D eigenvalue weighted by Crippen LogP contribution is 2.25. The Morgan fingerprint density at radius 1 is 1.10 bits per heavy atom. The van der Waals surface area contributed by atoms with Gasteiger partial charge in [-0.25, -0.2) is 4.79 Å². The molecule has 0 saturated heterocycles. The van der Waals surface area contributed by atoms with Crippen LogP contribution in [0.25, 0.3) is 0 Å². The summed E-state index contributed by atoms with van der Waals surface area (Å²) in [4.78, 5) is 12.0. The molecule has 0 saturated carbocycles. The minimum Gasteiger partial charge on any atom is -0.477 e. The lowest BCUT2D eigenvalue weighted by atomic mass is 10.3. The van der Waals surface area contributed by atoms with E-state index in [1.54, 1.807) is 48.5 Å². The van der Waals surface area contributed by atoms with Crippen molar-refractivity contribution < 1.29 is 9.53 Å². The molecule has 6 heteroatoms. The van der Waals surface area contributed by atoms with Crippen molar-refractivity contribution in [2.75, 3.05) is 17.2 Å². The fourth-order valence-electron chi connectivity index (χ4n) is 1.64. The molecule has 0 aromatic heterocycles. The van der Waals surface area contributed by atoms with Gasteiger partial charge in [-0.2, -0.15) is 5.26 Å². The third-order valence-corrected chi connectivity index (χ3v) is 2.88. The van der Waals surface area contributed by atoms with Crippen LogP contribution in [0.1, 0.15) is 0 Å². The summed E-state index contributed by atoms with van der Waals surface area (Å²) >= 11 is 5.97. The Morgan fingerprint density at radius 3 is 2.43 bits per heavy atom. The second-order valence-corrected chi connectivity index (χ2v) is 4.41. The molecule has 0 bridgehead atoms. The van der Waals surface area contributed by atoms with Gasteiger partial charge in [-0.15, -0.1) is 0 Å². The standard InChI is InChI=1S/C15H12ClN3O2/c16-11-5-1-2-6-12(11)18-15(20)19-13-7-3-4-8-14(13)21-10-9-17/h1-8H,10H2,(H2,18,19,20). The number of carbonyl (C=O) groups excluding carboxylic acids is 1. The van der Waals surface area contributed by atoms with Gasteiger partial charge in [0.25, 0.3) is 0 Å². The number of rotatable bonds is 4. The number of hydrogen-bond donors (Lipinski definition) is 2. The molecule has 0 spiro atoms. The van der Waals surface area contributed by atoms with Crippen LogP contribution in [0.2, 0.25) is 5.02 Å². The van der Waals surface area contributed by atoms with Crippen LogP contribution >= 0.6 is 11.6 Å². The maximum atomic E-state index is 12.0. The maximum absolute atomic E-state index is 12.0. The van der Waals surface area contributed by atoms with E-state index in [-0.39, 0.29) is 6.61 Å². The Morgan fingerprint density at radius 2 is 1.71 bits per heavy atom. The topological polar surface area (TPSA) is 74.1 Å². The summed E-state index contributed by atoms with van der Waals surface area (Å²) in [5, 5.41) is 14.3. The summed E-state index contributed by atoms with van der Waals surface area (Å²) in [6, 6.07) is 15.2. The van der Waals surface area contributed by atoms with Gasteiger partial charge in [0.05, 0.1) is 16.4 Å². The van der Waals surface area contributed by atoms with E-state index >= 15 is 0 Å². The van der Waals surface area contributed by atoms with Gasteiger partial charge in [-0.1, -0.05) is 35.9 Å². The van der Waals surface area contributed by atoms with E-state index in [0.717, 1.165) is 0 Å². The van der Waals surface area contributed by atoms with Crippen LogP contribution in [0.5, 0.6) is 5.75 Å². The first-order chi connectivity index (χ1) is 10.2. The molecule has 106 valence electrons. The molecule has 0 atom stereocenters. The van der Waals surface area contributed by atoms with Crippen molar-refractivity contribution in [2.24, 2.45) is 0 Å². The van der Waals surface area contributed by atoms with Crippen molar-refractivity contribution in [1.82, 2.24) is 0 Å². The van der Waals surface area contributed by atoms with Crippen molar-refractivity contribution in [3.05, 3.63) is 53.6 Å². The number of ether oxygens (including phenoxy) is 1. The van der Waals surface area contributed by atoms with E-state index in [1.165, 1.54) is 0 Å². The summed E-state index contributed by atoms with van der Waals surface area (Å²) in [7, 11) is 0. The van der Waals surface area contributed by atoms with Gasteiger partial charge in [0.1, 0.15) is 11.8 Å². The van der Waals surface area contributed by atoms with Crippen molar-refractivity contribution in [2.45, 2.75) is 0 Å². The first kappa shape index (κ1) is 14.7. The van der Waals surface area contributed by atoms with Gasteiger partial charge in [-0.3, -0.25) is 0 Å².